The lowest BCUT2D eigenvalue weighted by Crippen LogP contribution is -2.37. The Hall–Kier alpha value is -2.52. The molecular formula is C17H17N3O5. The fourth-order valence-electron chi connectivity index (χ4n) is 3.13. The second kappa shape index (κ2) is 6.08. The van der Waals surface area contributed by atoms with Crippen molar-refractivity contribution in [2.24, 2.45) is 0 Å². The van der Waals surface area contributed by atoms with Crippen LogP contribution in [0.5, 0.6) is 0 Å². The molecule has 0 unspecified atom stereocenters. The van der Waals surface area contributed by atoms with Crippen molar-refractivity contribution in [3.8, 4) is 11.3 Å². The Kier molecular flexibility index (Phi) is 3.89. The number of rotatable bonds is 3. The van der Waals surface area contributed by atoms with Crippen molar-refractivity contribution >= 4 is 5.65 Å². The molecule has 1 saturated heterocycles. The van der Waals surface area contributed by atoms with E-state index in [9.17, 15) is 20.1 Å². The number of hydrogen-bond acceptors (Lipinski definition) is 6. The van der Waals surface area contributed by atoms with Crippen molar-refractivity contribution in [1.82, 2.24) is 14.0 Å². The van der Waals surface area contributed by atoms with Gasteiger partial charge < -0.3 is 20.1 Å². The van der Waals surface area contributed by atoms with Crippen molar-refractivity contribution in [3.05, 3.63) is 59.3 Å². The van der Waals surface area contributed by atoms with Gasteiger partial charge in [0.15, 0.2) is 6.23 Å². The molecule has 2 aromatic heterocycles. The van der Waals surface area contributed by atoms with Crippen molar-refractivity contribution < 1.29 is 20.1 Å². The van der Waals surface area contributed by atoms with Crippen LogP contribution >= 0.6 is 0 Å². The van der Waals surface area contributed by atoms with Gasteiger partial charge in [-0.3, -0.25) is 4.57 Å². The highest BCUT2D eigenvalue weighted by Gasteiger charge is 2.43. The number of benzene rings is 1. The molecule has 0 amide bonds. The van der Waals surface area contributed by atoms with E-state index in [1.54, 1.807) is 12.3 Å². The molecule has 1 aliphatic heterocycles. The molecular weight excluding hydrogens is 326 g/mol. The zero-order valence-corrected chi connectivity index (χ0v) is 13.1. The maximum atomic E-state index is 13.0. The predicted molar refractivity (Wildman–Crippen MR) is 87.9 cm³/mol. The van der Waals surface area contributed by atoms with Crippen LogP contribution in [-0.4, -0.2) is 54.2 Å². The van der Waals surface area contributed by atoms with Crippen LogP contribution in [0.3, 0.4) is 0 Å². The third-order valence-electron chi connectivity index (χ3n) is 4.45. The zero-order valence-electron chi connectivity index (χ0n) is 13.1. The van der Waals surface area contributed by atoms with Gasteiger partial charge in [0, 0.05) is 11.8 Å². The largest absolute Gasteiger partial charge is 0.394 e. The van der Waals surface area contributed by atoms with E-state index in [-0.39, 0.29) is 0 Å². The highest BCUT2D eigenvalue weighted by atomic mass is 16.6. The quantitative estimate of drug-likeness (QED) is 0.606. The number of aliphatic hydroxyl groups is 3. The lowest BCUT2D eigenvalue weighted by molar-refractivity contribution is -0.0550. The fraction of sp³-hybridized carbons (Fsp3) is 0.294. The molecule has 0 spiro atoms. The molecule has 130 valence electrons. The molecule has 3 heterocycles. The van der Waals surface area contributed by atoms with Crippen LogP contribution in [0.25, 0.3) is 16.9 Å². The predicted octanol–water partition coefficient (Wildman–Crippen LogP) is -0.225. The van der Waals surface area contributed by atoms with E-state index in [1.807, 2.05) is 30.3 Å². The van der Waals surface area contributed by atoms with Crippen LogP contribution in [0.15, 0.2) is 53.6 Å². The second-order valence-corrected chi connectivity index (χ2v) is 5.94. The molecule has 3 aromatic rings. The number of ether oxygens (including phenoxy) is 1. The number of fused-ring (bicyclic) bond motifs is 1. The topological polar surface area (TPSA) is 109 Å². The first-order valence-electron chi connectivity index (χ1n) is 7.88. The van der Waals surface area contributed by atoms with Gasteiger partial charge in [-0.2, -0.15) is 0 Å². The van der Waals surface area contributed by atoms with Crippen LogP contribution < -0.4 is 5.69 Å². The Morgan fingerprint density at radius 2 is 1.88 bits per heavy atom. The number of imidazole rings is 1. The summed E-state index contributed by atoms with van der Waals surface area (Å²) in [6.07, 6.45) is -1.56. The Labute approximate surface area is 142 Å². The molecule has 1 fully saturated rings. The van der Waals surface area contributed by atoms with Gasteiger partial charge in [0.05, 0.1) is 18.5 Å². The Morgan fingerprint density at radius 1 is 1.12 bits per heavy atom. The summed E-state index contributed by atoms with van der Waals surface area (Å²) in [5.74, 6) is 0. The standard InChI is InChI=1S/C17H17N3O5/c21-9-12-14(22)15(23)16(25-12)19-7-6-13-18-8-11(20(13)17(19)24)10-4-2-1-3-5-10/h1-8,12,14-16,21-23H,9H2/t12-,14-,15-,16-/m1/s1. The molecule has 3 N–H and O–H groups in total. The van der Waals surface area contributed by atoms with Crippen LogP contribution in [-0.2, 0) is 4.74 Å². The van der Waals surface area contributed by atoms with E-state index in [2.05, 4.69) is 4.98 Å². The van der Waals surface area contributed by atoms with Crippen LogP contribution in [0.4, 0.5) is 0 Å². The highest BCUT2D eigenvalue weighted by molar-refractivity contribution is 5.63. The number of aromatic nitrogens is 3. The molecule has 0 bridgehead atoms. The van der Waals surface area contributed by atoms with E-state index in [0.29, 0.717) is 11.3 Å². The summed E-state index contributed by atoms with van der Waals surface area (Å²) in [5.41, 5.74) is 1.45. The summed E-state index contributed by atoms with van der Waals surface area (Å²) >= 11 is 0. The van der Waals surface area contributed by atoms with Crippen LogP contribution in [0.1, 0.15) is 6.23 Å². The normalized spacial score (nSPS) is 26.4. The first-order chi connectivity index (χ1) is 12.1. The molecule has 0 saturated carbocycles. The summed E-state index contributed by atoms with van der Waals surface area (Å²) in [6, 6.07) is 11.0. The van der Waals surface area contributed by atoms with E-state index >= 15 is 0 Å². The fourth-order valence-corrected chi connectivity index (χ4v) is 3.13. The summed E-state index contributed by atoms with van der Waals surface area (Å²) in [6.45, 7) is -0.452. The molecule has 8 nitrogen and oxygen atoms in total. The zero-order chi connectivity index (χ0) is 17.6. The van der Waals surface area contributed by atoms with Gasteiger partial charge in [0.2, 0.25) is 0 Å². The van der Waals surface area contributed by atoms with Gasteiger partial charge in [-0.1, -0.05) is 30.3 Å². The minimum atomic E-state index is -1.32. The third kappa shape index (κ3) is 2.47. The summed E-state index contributed by atoms with van der Waals surface area (Å²) in [7, 11) is 0. The van der Waals surface area contributed by atoms with E-state index in [1.165, 1.54) is 15.2 Å². The molecule has 25 heavy (non-hydrogen) atoms. The minimum Gasteiger partial charge on any atom is -0.394 e. The lowest BCUT2D eigenvalue weighted by Gasteiger charge is -2.18. The Morgan fingerprint density at radius 3 is 2.56 bits per heavy atom. The van der Waals surface area contributed by atoms with Gasteiger partial charge in [-0.05, 0) is 6.07 Å². The second-order valence-electron chi connectivity index (χ2n) is 5.94. The van der Waals surface area contributed by atoms with Crippen molar-refractivity contribution in [3.63, 3.8) is 0 Å². The lowest BCUT2D eigenvalue weighted by atomic mass is 10.1. The highest BCUT2D eigenvalue weighted by Crippen LogP contribution is 2.28. The van der Waals surface area contributed by atoms with E-state index in [0.717, 1.165) is 5.56 Å². The molecule has 4 atom stereocenters. The van der Waals surface area contributed by atoms with Crippen molar-refractivity contribution in [2.75, 3.05) is 6.61 Å². The molecule has 0 aliphatic carbocycles. The SMILES string of the molecule is O=c1n([C@@H]2O[C@H](CO)[C@@H](O)[C@H]2O)ccc2ncc(-c3ccccc3)n12. The van der Waals surface area contributed by atoms with Gasteiger partial charge in [0.1, 0.15) is 24.0 Å². The van der Waals surface area contributed by atoms with Crippen molar-refractivity contribution in [1.29, 1.82) is 0 Å². The van der Waals surface area contributed by atoms with Gasteiger partial charge in [-0.15, -0.1) is 0 Å². The molecule has 0 radical (unpaired) electrons. The van der Waals surface area contributed by atoms with E-state index < -0.39 is 36.8 Å². The van der Waals surface area contributed by atoms with Gasteiger partial charge in [0.25, 0.3) is 0 Å². The third-order valence-corrected chi connectivity index (χ3v) is 4.45. The van der Waals surface area contributed by atoms with Gasteiger partial charge >= 0.3 is 5.69 Å². The summed E-state index contributed by atoms with van der Waals surface area (Å²) in [4.78, 5) is 17.2. The average molecular weight is 343 g/mol. The molecule has 1 aliphatic rings. The smallest absolute Gasteiger partial charge is 0.336 e. The van der Waals surface area contributed by atoms with Crippen molar-refractivity contribution in [2.45, 2.75) is 24.5 Å². The molecule has 1 aromatic carbocycles. The molecule has 8 heteroatoms. The molecule has 4 rings (SSSR count). The van der Waals surface area contributed by atoms with Gasteiger partial charge in [-0.25, -0.2) is 14.2 Å². The first kappa shape index (κ1) is 16.0. The summed E-state index contributed by atoms with van der Waals surface area (Å²) in [5, 5.41) is 29.3. The number of hydrogen-bond donors (Lipinski definition) is 3. The Balaban J connectivity index is 1.85. The summed E-state index contributed by atoms with van der Waals surface area (Å²) < 4.78 is 8.07. The Bertz CT molecular complexity index is 952. The van der Waals surface area contributed by atoms with E-state index in [4.69, 9.17) is 4.74 Å². The maximum Gasteiger partial charge on any atom is 0.336 e. The minimum absolute atomic E-state index is 0.452. The van der Waals surface area contributed by atoms with Crippen LogP contribution in [0, 0.1) is 0 Å². The first-order valence-corrected chi connectivity index (χ1v) is 7.88. The average Bonchev–Trinajstić information content (AvgIpc) is 3.19. The number of nitrogens with zero attached hydrogens (tertiary/aromatic N) is 3. The maximum absolute atomic E-state index is 13.0. The van der Waals surface area contributed by atoms with Crippen LogP contribution in [0.2, 0.25) is 0 Å². The monoisotopic (exact) mass is 343 g/mol. The number of aliphatic hydroxyl groups excluding tert-OH is 3.